The van der Waals surface area contributed by atoms with Crippen molar-refractivity contribution in [1.82, 2.24) is 10.3 Å². The molecular weight excluding hydrogens is 283 g/mol. The van der Waals surface area contributed by atoms with Crippen molar-refractivity contribution in [3.05, 3.63) is 78.1 Å². The Labute approximate surface area is 126 Å². The van der Waals surface area contributed by atoms with Crippen LogP contribution < -0.4 is 5.32 Å². The first-order valence-corrected chi connectivity index (χ1v) is 6.76. The summed E-state index contributed by atoms with van der Waals surface area (Å²) in [6.07, 6.45) is 1.52. The van der Waals surface area contributed by atoms with Crippen molar-refractivity contribution in [3.63, 3.8) is 0 Å². The molecular formula is C17H13FN2O2. The van der Waals surface area contributed by atoms with Crippen LogP contribution in [0.5, 0.6) is 0 Å². The summed E-state index contributed by atoms with van der Waals surface area (Å²) in [5, 5.41) is 2.68. The molecule has 0 bridgehead atoms. The van der Waals surface area contributed by atoms with E-state index in [2.05, 4.69) is 10.3 Å². The third kappa shape index (κ3) is 3.20. The van der Waals surface area contributed by atoms with E-state index >= 15 is 0 Å². The van der Waals surface area contributed by atoms with Crippen molar-refractivity contribution in [2.45, 2.75) is 6.54 Å². The monoisotopic (exact) mass is 296 g/mol. The third-order valence-electron chi connectivity index (χ3n) is 3.12. The molecule has 0 atom stereocenters. The van der Waals surface area contributed by atoms with Gasteiger partial charge >= 0.3 is 5.91 Å². The van der Waals surface area contributed by atoms with Crippen LogP contribution in [-0.2, 0) is 6.54 Å². The Kier molecular flexibility index (Phi) is 3.96. The number of nitrogens with one attached hydrogen (secondary N) is 1. The summed E-state index contributed by atoms with van der Waals surface area (Å²) in [5.74, 6) is -0.185. The molecule has 5 heteroatoms. The van der Waals surface area contributed by atoms with Crippen LogP contribution in [0.2, 0.25) is 0 Å². The number of oxazole rings is 1. The molecule has 3 rings (SSSR count). The average molecular weight is 296 g/mol. The summed E-state index contributed by atoms with van der Waals surface area (Å²) in [6.45, 7) is 0.280. The van der Waals surface area contributed by atoms with Gasteiger partial charge in [-0.2, -0.15) is 0 Å². The van der Waals surface area contributed by atoms with E-state index in [1.54, 1.807) is 12.1 Å². The third-order valence-corrected chi connectivity index (χ3v) is 3.12. The van der Waals surface area contributed by atoms with Gasteiger partial charge in [0.1, 0.15) is 5.82 Å². The van der Waals surface area contributed by atoms with Crippen molar-refractivity contribution in [3.8, 4) is 11.3 Å². The molecule has 0 spiro atoms. The van der Waals surface area contributed by atoms with E-state index in [0.29, 0.717) is 5.76 Å². The second-order valence-corrected chi connectivity index (χ2v) is 4.70. The van der Waals surface area contributed by atoms with E-state index in [1.807, 2.05) is 30.3 Å². The highest BCUT2D eigenvalue weighted by atomic mass is 19.1. The fourth-order valence-electron chi connectivity index (χ4n) is 1.98. The summed E-state index contributed by atoms with van der Waals surface area (Å²) in [6, 6.07) is 15.3. The second-order valence-electron chi connectivity index (χ2n) is 4.70. The molecule has 1 aromatic heterocycles. The molecule has 0 saturated carbocycles. The molecule has 3 aromatic rings. The number of amides is 1. The van der Waals surface area contributed by atoms with Gasteiger partial charge < -0.3 is 9.73 Å². The number of hydrogen-bond acceptors (Lipinski definition) is 3. The van der Waals surface area contributed by atoms with Gasteiger partial charge in [-0.15, -0.1) is 0 Å². The minimum absolute atomic E-state index is 0.000893. The summed E-state index contributed by atoms with van der Waals surface area (Å²) >= 11 is 0. The van der Waals surface area contributed by atoms with Crippen molar-refractivity contribution in [2.24, 2.45) is 0 Å². The predicted octanol–water partition coefficient (Wildman–Crippen LogP) is 3.41. The van der Waals surface area contributed by atoms with Crippen LogP contribution in [0.3, 0.4) is 0 Å². The Hall–Kier alpha value is -2.95. The van der Waals surface area contributed by atoms with Gasteiger partial charge in [0.2, 0.25) is 0 Å². The lowest BCUT2D eigenvalue weighted by molar-refractivity contribution is 0.0917. The highest BCUT2D eigenvalue weighted by Gasteiger charge is 2.13. The van der Waals surface area contributed by atoms with E-state index in [0.717, 1.165) is 11.1 Å². The number of carbonyl (C=O) groups is 1. The van der Waals surface area contributed by atoms with Crippen molar-refractivity contribution in [1.29, 1.82) is 0 Å². The van der Waals surface area contributed by atoms with Gasteiger partial charge in [0.05, 0.1) is 6.20 Å². The first-order chi connectivity index (χ1) is 10.7. The number of aromatic nitrogens is 1. The highest BCUT2D eigenvalue weighted by molar-refractivity contribution is 5.89. The number of hydrogen-bond donors (Lipinski definition) is 1. The van der Waals surface area contributed by atoms with Crippen LogP contribution in [0.25, 0.3) is 11.3 Å². The van der Waals surface area contributed by atoms with Gasteiger partial charge in [0.25, 0.3) is 5.89 Å². The zero-order valence-corrected chi connectivity index (χ0v) is 11.6. The smallest absolute Gasteiger partial charge is 0.307 e. The molecule has 0 aliphatic carbocycles. The van der Waals surface area contributed by atoms with Crippen molar-refractivity contribution < 1.29 is 13.6 Å². The lowest BCUT2D eigenvalue weighted by Crippen LogP contribution is -2.23. The first kappa shape index (κ1) is 14.0. The maximum Gasteiger partial charge on any atom is 0.307 e. The van der Waals surface area contributed by atoms with Gasteiger partial charge in [-0.3, -0.25) is 4.79 Å². The Balaban J connectivity index is 1.66. The molecule has 1 heterocycles. The Bertz CT molecular complexity index is 767. The lowest BCUT2D eigenvalue weighted by Gasteiger charge is -2.02. The minimum Gasteiger partial charge on any atom is -0.432 e. The number of rotatable bonds is 4. The van der Waals surface area contributed by atoms with Crippen LogP contribution in [0, 0.1) is 5.82 Å². The van der Waals surface area contributed by atoms with E-state index in [-0.39, 0.29) is 18.3 Å². The predicted molar refractivity (Wildman–Crippen MR) is 79.5 cm³/mol. The molecule has 1 amide bonds. The van der Waals surface area contributed by atoms with E-state index < -0.39 is 5.91 Å². The highest BCUT2D eigenvalue weighted by Crippen LogP contribution is 2.19. The lowest BCUT2D eigenvalue weighted by atomic mass is 10.2. The molecule has 0 unspecified atom stereocenters. The average Bonchev–Trinajstić information content (AvgIpc) is 3.05. The van der Waals surface area contributed by atoms with E-state index in [9.17, 15) is 9.18 Å². The molecule has 0 aliphatic rings. The Morgan fingerprint density at radius 2 is 1.82 bits per heavy atom. The van der Waals surface area contributed by atoms with Gasteiger partial charge in [-0.1, -0.05) is 42.5 Å². The SMILES string of the molecule is O=C(NCc1ccc(F)cc1)c1ncc(-c2ccccc2)o1. The molecule has 0 saturated heterocycles. The summed E-state index contributed by atoms with van der Waals surface area (Å²) in [7, 11) is 0. The maximum atomic E-state index is 12.8. The van der Waals surface area contributed by atoms with Crippen LogP contribution >= 0.6 is 0 Å². The number of halogens is 1. The zero-order chi connectivity index (χ0) is 15.4. The van der Waals surface area contributed by atoms with E-state index in [4.69, 9.17) is 4.42 Å². The Morgan fingerprint density at radius 3 is 2.55 bits per heavy atom. The topological polar surface area (TPSA) is 55.1 Å². The van der Waals surface area contributed by atoms with Gasteiger partial charge in [0, 0.05) is 12.1 Å². The quantitative estimate of drug-likeness (QED) is 0.802. The van der Waals surface area contributed by atoms with Crippen LogP contribution in [0.4, 0.5) is 4.39 Å². The van der Waals surface area contributed by atoms with Crippen molar-refractivity contribution in [2.75, 3.05) is 0 Å². The molecule has 0 fully saturated rings. The first-order valence-electron chi connectivity index (χ1n) is 6.76. The normalized spacial score (nSPS) is 10.4. The molecule has 110 valence electrons. The summed E-state index contributed by atoms with van der Waals surface area (Å²) in [4.78, 5) is 16.0. The largest absolute Gasteiger partial charge is 0.432 e. The van der Waals surface area contributed by atoms with Crippen LogP contribution in [0.15, 0.2) is 65.2 Å². The molecule has 0 aliphatic heterocycles. The fraction of sp³-hybridized carbons (Fsp3) is 0.0588. The maximum absolute atomic E-state index is 12.8. The zero-order valence-electron chi connectivity index (χ0n) is 11.6. The second kappa shape index (κ2) is 6.22. The summed E-state index contributed by atoms with van der Waals surface area (Å²) < 4.78 is 18.3. The molecule has 4 nitrogen and oxygen atoms in total. The molecule has 22 heavy (non-hydrogen) atoms. The van der Waals surface area contributed by atoms with Gasteiger partial charge in [0.15, 0.2) is 5.76 Å². The van der Waals surface area contributed by atoms with Crippen LogP contribution in [0.1, 0.15) is 16.2 Å². The number of carbonyl (C=O) groups excluding carboxylic acids is 1. The van der Waals surface area contributed by atoms with Crippen molar-refractivity contribution >= 4 is 5.91 Å². The Morgan fingerprint density at radius 1 is 1.09 bits per heavy atom. The standard InChI is InChI=1S/C17H13FN2O2/c18-14-8-6-12(7-9-14)10-19-16(21)17-20-11-15(22-17)13-4-2-1-3-5-13/h1-9,11H,10H2,(H,19,21). The number of nitrogens with zero attached hydrogens (tertiary/aromatic N) is 1. The number of benzene rings is 2. The fourth-order valence-corrected chi connectivity index (χ4v) is 1.98. The molecule has 2 aromatic carbocycles. The molecule has 0 radical (unpaired) electrons. The minimum atomic E-state index is -0.411. The molecule has 1 N–H and O–H groups in total. The van der Waals surface area contributed by atoms with E-state index in [1.165, 1.54) is 18.3 Å². The van der Waals surface area contributed by atoms with Gasteiger partial charge in [-0.05, 0) is 17.7 Å². The van der Waals surface area contributed by atoms with Gasteiger partial charge in [-0.25, -0.2) is 9.37 Å². The van der Waals surface area contributed by atoms with Crippen LogP contribution in [-0.4, -0.2) is 10.9 Å². The summed E-state index contributed by atoms with van der Waals surface area (Å²) in [5.41, 5.74) is 1.65.